The van der Waals surface area contributed by atoms with Crippen molar-refractivity contribution in [2.75, 3.05) is 13.7 Å². The molecule has 0 aliphatic carbocycles. The Morgan fingerprint density at radius 2 is 1.85 bits per heavy atom. The zero-order chi connectivity index (χ0) is 19.1. The Bertz CT molecular complexity index is 778. The van der Waals surface area contributed by atoms with Gasteiger partial charge in [0.05, 0.1) is 13.2 Å². The summed E-state index contributed by atoms with van der Waals surface area (Å²) in [6.45, 7) is 1.75. The van der Waals surface area contributed by atoms with Gasteiger partial charge in [-0.05, 0) is 42.3 Å². The molecule has 3 N–H and O–H groups in total. The van der Waals surface area contributed by atoms with Crippen molar-refractivity contribution in [2.24, 2.45) is 5.73 Å². The molecule has 26 heavy (non-hydrogen) atoms. The summed E-state index contributed by atoms with van der Waals surface area (Å²) < 4.78 is 11.5. The summed E-state index contributed by atoms with van der Waals surface area (Å²) in [5, 5.41) is 3.02. The summed E-state index contributed by atoms with van der Waals surface area (Å²) in [5.74, 6) is -0.105. The topological polar surface area (TPSA) is 90.6 Å². The van der Waals surface area contributed by atoms with E-state index in [0.717, 1.165) is 16.5 Å². The average molecular weight is 421 g/mol. The molecule has 2 amide bonds. The normalized spacial score (nSPS) is 11.5. The number of ether oxygens (including phenoxy) is 2. The number of carbonyl (C=O) groups is 2. The first-order valence-corrected chi connectivity index (χ1v) is 8.89. The van der Waals surface area contributed by atoms with Gasteiger partial charge in [0.25, 0.3) is 11.8 Å². The molecular weight excluding hydrogens is 400 g/mol. The summed E-state index contributed by atoms with van der Waals surface area (Å²) in [6, 6.07) is 12.5. The second-order valence-corrected chi connectivity index (χ2v) is 6.52. The zero-order valence-electron chi connectivity index (χ0n) is 14.6. The largest absolute Gasteiger partial charge is 0.493 e. The Labute approximate surface area is 160 Å². The van der Waals surface area contributed by atoms with Crippen LogP contribution >= 0.6 is 15.9 Å². The Morgan fingerprint density at radius 3 is 2.42 bits per heavy atom. The van der Waals surface area contributed by atoms with Crippen molar-refractivity contribution >= 4 is 27.7 Å². The van der Waals surface area contributed by atoms with Crippen molar-refractivity contribution in [3.63, 3.8) is 0 Å². The first kappa shape index (κ1) is 19.8. The van der Waals surface area contributed by atoms with Crippen LogP contribution in [0.5, 0.6) is 11.5 Å². The number of hydrogen-bond donors (Lipinski definition) is 2. The molecule has 0 heterocycles. The van der Waals surface area contributed by atoms with E-state index in [0.29, 0.717) is 17.1 Å². The smallest absolute Gasteiger partial charge is 0.255 e. The summed E-state index contributed by atoms with van der Waals surface area (Å²) in [6.07, 6.45) is 0.754. The minimum absolute atomic E-state index is 0.104. The second-order valence-electron chi connectivity index (χ2n) is 5.61. The highest BCUT2D eigenvalue weighted by Gasteiger charge is 2.16. The third-order valence-electron chi connectivity index (χ3n) is 3.78. The number of primary amides is 1. The molecule has 2 aromatic rings. The molecule has 1 unspecified atom stereocenters. The van der Waals surface area contributed by atoms with Crippen LogP contribution in [0, 0.1) is 0 Å². The van der Waals surface area contributed by atoms with Gasteiger partial charge in [0, 0.05) is 10.0 Å². The minimum atomic E-state index is -0.589. The van der Waals surface area contributed by atoms with E-state index in [1.165, 1.54) is 7.11 Å². The molecule has 1 atom stereocenters. The number of nitrogens with two attached hydrogens (primary N) is 1. The van der Waals surface area contributed by atoms with E-state index in [1.54, 1.807) is 18.2 Å². The number of methoxy groups -OCH3 is 1. The van der Waals surface area contributed by atoms with Crippen LogP contribution in [-0.2, 0) is 4.79 Å². The van der Waals surface area contributed by atoms with E-state index in [4.69, 9.17) is 15.2 Å². The predicted octanol–water partition coefficient (Wildman–Crippen LogP) is 3.20. The molecule has 0 saturated carbocycles. The number of nitrogens with one attached hydrogen (secondary N) is 1. The molecule has 0 aromatic heterocycles. The second kappa shape index (κ2) is 9.24. The van der Waals surface area contributed by atoms with E-state index in [1.807, 2.05) is 31.2 Å². The SMILES string of the molecule is CCC(NC(=O)c1ccc(OCC(N)=O)c(OC)c1)c1ccc(Br)cc1. The van der Waals surface area contributed by atoms with Gasteiger partial charge >= 0.3 is 0 Å². The lowest BCUT2D eigenvalue weighted by Gasteiger charge is -2.18. The van der Waals surface area contributed by atoms with E-state index in [9.17, 15) is 9.59 Å². The molecule has 2 aromatic carbocycles. The lowest BCUT2D eigenvalue weighted by Crippen LogP contribution is -2.28. The maximum Gasteiger partial charge on any atom is 0.255 e. The Kier molecular flexibility index (Phi) is 7.03. The first-order chi connectivity index (χ1) is 12.4. The fourth-order valence-electron chi connectivity index (χ4n) is 2.43. The predicted molar refractivity (Wildman–Crippen MR) is 102 cm³/mol. The summed E-state index contributed by atoms with van der Waals surface area (Å²) in [7, 11) is 1.46. The molecule has 0 aliphatic heterocycles. The van der Waals surface area contributed by atoms with Crippen molar-refractivity contribution in [1.82, 2.24) is 5.32 Å². The number of amides is 2. The van der Waals surface area contributed by atoms with Crippen LogP contribution in [0.3, 0.4) is 0 Å². The average Bonchev–Trinajstić information content (AvgIpc) is 2.64. The molecule has 0 spiro atoms. The van der Waals surface area contributed by atoms with E-state index in [2.05, 4.69) is 21.2 Å². The minimum Gasteiger partial charge on any atom is -0.493 e. The van der Waals surface area contributed by atoms with E-state index < -0.39 is 5.91 Å². The highest BCUT2D eigenvalue weighted by atomic mass is 79.9. The summed E-state index contributed by atoms with van der Waals surface area (Å²) >= 11 is 3.41. The number of carbonyl (C=O) groups excluding carboxylic acids is 2. The van der Waals surface area contributed by atoms with E-state index in [-0.39, 0.29) is 18.6 Å². The van der Waals surface area contributed by atoms with Crippen LogP contribution in [-0.4, -0.2) is 25.5 Å². The maximum absolute atomic E-state index is 12.6. The highest BCUT2D eigenvalue weighted by Crippen LogP contribution is 2.28. The van der Waals surface area contributed by atoms with Crippen molar-refractivity contribution in [3.05, 3.63) is 58.1 Å². The van der Waals surface area contributed by atoms with Crippen LogP contribution < -0.4 is 20.5 Å². The molecule has 2 rings (SSSR count). The Morgan fingerprint density at radius 1 is 1.15 bits per heavy atom. The Balaban J connectivity index is 2.14. The van der Waals surface area contributed by atoms with Gasteiger partial charge in [0.2, 0.25) is 0 Å². The maximum atomic E-state index is 12.6. The first-order valence-electron chi connectivity index (χ1n) is 8.10. The van der Waals surface area contributed by atoms with Crippen LogP contribution in [0.1, 0.15) is 35.3 Å². The molecule has 0 bridgehead atoms. The van der Waals surface area contributed by atoms with Crippen molar-refractivity contribution in [1.29, 1.82) is 0 Å². The third-order valence-corrected chi connectivity index (χ3v) is 4.31. The zero-order valence-corrected chi connectivity index (χ0v) is 16.2. The highest BCUT2D eigenvalue weighted by molar-refractivity contribution is 9.10. The van der Waals surface area contributed by atoms with Crippen LogP contribution in [0.25, 0.3) is 0 Å². The standard InChI is InChI=1S/C19H21BrN2O4/c1-3-15(12-4-7-14(20)8-5-12)22-19(24)13-6-9-16(17(10-13)25-2)26-11-18(21)23/h4-10,15H,3,11H2,1-2H3,(H2,21,23)(H,22,24). The van der Waals surface area contributed by atoms with Crippen molar-refractivity contribution < 1.29 is 19.1 Å². The summed E-state index contributed by atoms with van der Waals surface area (Å²) in [5.41, 5.74) is 6.53. The third kappa shape index (κ3) is 5.23. The van der Waals surface area contributed by atoms with Crippen LogP contribution in [0.15, 0.2) is 46.9 Å². The summed E-state index contributed by atoms with van der Waals surface area (Å²) in [4.78, 5) is 23.5. The molecule has 7 heteroatoms. The quantitative estimate of drug-likeness (QED) is 0.685. The number of rotatable bonds is 8. The van der Waals surface area contributed by atoms with Gasteiger partial charge < -0.3 is 20.5 Å². The molecule has 6 nitrogen and oxygen atoms in total. The lowest BCUT2D eigenvalue weighted by atomic mass is 10.0. The van der Waals surface area contributed by atoms with Crippen molar-refractivity contribution in [3.8, 4) is 11.5 Å². The fourth-order valence-corrected chi connectivity index (χ4v) is 2.70. The van der Waals surface area contributed by atoms with Gasteiger partial charge in [-0.25, -0.2) is 0 Å². The monoisotopic (exact) mass is 420 g/mol. The lowest BCUT2D eigenvalue weighted by molar-refractivity contribution is -0.119. The molecule has 0 radical (unpaired) electrons. The number of benzene rings is 2. The van der Waals surface area contributed by atoms with Gasteiger partial charge in [-0.15, -0.1) is 0 Å². The molecule has 0 fully saturated rings. The fraction of sp³-hybridized carbons (Fsp3) is 0.263. The van der Waals surface area contributed by atoms with Gasteiger partial charge in [-0.1, -0.05) is 35.0 Å². The Hall–Kier alpha value is -2.54. The molecular formula is C19H21BrN2O4. The van der Waals surface area contributed by atoms with E-state index >= 15 is 0 Å². The molecule has 138 valence electrons. The van der Waals surface area contributed by atoms with Crippen LogP contribution in [0.4, 0.5) is 0 Å². The number of hydrogen-bond acceptors (Lipinski definition) is 4. The molecule has 0 saturated heterocycles. The van der Waals surface area contributed by atoms with Gasteiger partial charge in [-0.2, -0.15) is 0 Å². The molecule has 0 aliphatic rings. The van der Waals surface area contributed by atoms with Crippen LogP contribution in [0.2, 0.25) is 0 Å². The number of halogens is 1. The van der Waals surface area contributed by atoms with Gasteiger partial charge in [0.15, 0.2) is 18.1 Å². The van der Waals surface area contributed by atoms with Gasteiger partial charge in [0.1, 0.15) is 0 Å². The van der Waals surface area contributed by atoms with Gasteiger partial charge in [-0.3, -0.25) is 9.59 Å². The van der Waals surface area contributed by atoms with Crippen molar-refractivity contribution in [2.45, 2.75) is 19.4 Å².